The van der Waals surface area contributed by atoms with Gasteiger partial charge in [0.1, 0.15) is 0 Å². The van der Waals surface area contributed by atoms with E-state index in [4.69, 9.17) is 25.5 Å². The molecule has 0 unspecified atom stereocenters. The number of nitrogens with zero attached hydrogens (tertiary/aromatic N) is 2. The van der Waals surface area contributed by atoms with Crippen LogP contribution in [0.25, 0.3) is 11.5 Å². The highest BCUT2D eigenvalue weighted by Gasteiger charge is 2.17. The van der Waals surface area contributed by atoms with Crippen LogP contribution >= 0.6 is 11.6 Å². The molecular weight excluding hydrogens is 358 g/mol. The number of ether oxygens (including phenoxy) is 2. The molecular formula is C18H16ClN3O4. The number of rotatable bonds is 6. The first kappa shape index (κ1) is 17.8. The first-order chi connectivity index (χ1) is 12.6. The van der Waals surface area contributed by atoms with E-state index in [9.17, 15) is 4.79 Å². The molecule has 0 aliphatic heterocycles. The van der Waals surface area contributed by atoms with Crippen LogP contribution in [0.15, 0.2) is 46.9 Å². The van der Waals surface area contributed by atoms with Gasteiger partial charge in [0.05, 0.1) is 24.8 Å². The molecule has 26 heavy (non-hydrogen) atoms. The molecule has 0 saturated heterocycles. The van der Waals surface area contributed by atoms with E-state index in [1.54, 1.807) is 50.6 Å². The van der Waals surface area contributed by atoms with Crippen molar-refractivity contribution >= 4 is 17.5 Å². The number of hydrogen-bond donors (Lipinski definition) is 1. The minimum Gasteiger partial charge on any atom is -0.493 e. The van der Waals surface area contributed by atoms with Gasteiger partial charge in [0.15, 0.2) is 11.5 Å². The van der Waals surface area contributed by atoms with Gasteiger partial charge in [-0.05, 0) is 29.8 Å². The van der Waals surface area contributed by atoms with Crippen LogP contribution in [0.3, 0.4) is 0 Å². The third-order valence-electron chi connectivity index (χ3n) is 3.62. The Morgan fingerprint density at radius 3 is 2.62 bits per heavy atom. The maximum absolute atomic E-state index is 12.2. The van der Waals surface area contributed by atoms with Crippen molar-refractivity contribution < 1.29 is 18.7 Å². The van der Waals surface area contributed by atoms with Gasteiger partial charge in [0.2, 0.25) is 5.89 Å². The Morgan fingerprint density at radius 1 is 1.12 bits per heavy atom. The van der Waals surface area contributed by atoms with E-state index in [1.165, 1.54) is 0 Å². The Kier molecular flexibility index (Phi) is 5.38. The lowest BCUT2D eigenvalue weighted by atomic mass is 10.2. The average Bonchev–Trinajstić information content (AvgIpc) is 3.16. The van der Waals surface area contributed by atoms with Crippen molar-refractivity contribution in [2.45, 2.75) is 6.54 Å². The Hall–Kier alpha value is -3.06. The normalized spacial score (nSPS) is 10.4. The van der Waals surface area contributed by atoms with Gasteiger partial charge in [-0.3, -0.25) is 4.79 Å². The van der Waals surface area contributed by atoms with Crippen LogP contribution < -0.4 is 14.8 Å². The molecule has 0 fully saturated rings. The monoisotopic (exact) mass is 373 g/mol. The highest BCUT2D eigenvalue weighted by molar-refractivity contribution is 6.33. The molecule has 134 valence electrons. The number of nitrogens with one attached hydrogen (secondary N) is 1. The smallest absolute Gasteiger partial charge is 0.309 e. The van der Waals surface area contributed by atoms with Crippen LogP contribution in [0, 0.1) is 0 Å². The van der Waals surface area contributed by atoms with E-state index in [-0.39, 0.29) is 18.3 Å². The predicted octanol–water partition coefficient (Wildman–Crippen LogP) is 3.34. The second kappa shape index (κ2) is 7.88. The molecule has 1 N–H and O–H groups in total. The van der Waals surface area contributed by atoms with Crippen molar-refractivity contribution in [1.82, 2.24) is 15.5 Å². The van der Waals surface area contributed by atoms with Crippen molar-refractivity contribution in [2.75, 3.05) is 14.2 Å². The number of methoxy groups -OCH3 is 2. The predicted molar refractivity (Wildman–Crippen MR) is 95.5 cm³/mol. The van der Waals surface area contributed by atoms with E-state index >= 15 is 0 Å². The standard InChI is InChI=1S/C18H16ClN3O4/c1-24-14-8-7-11(9-15(14)25-2)10-20-16(23)18-22-21-17(26-18)12-5-3-4-6-13(12)19/h3-9H,10H2,1-2H3,(H,20,23). The molecule has 3 rings (SSSR count). The summed E-state index contributed by atoms with van der Waals surface area (Å²) in [5, 5.41) is 10.8. The summed E-state index contributed by atoms with van der Waals surface area (Å²) >= 11 is 6.09. The Balaban J connectivity index is 1.69. The van der Waals surface area contributed by atoms with Gasteiger partial charge < -0.3 is 19.2 Å². The summed E-state index contributed by atoms with van der Waals surface area (Å²) in [4.78, 5) is 12.2. The van der Waals surface area contributed by atoms with Gasteiger partial charge in [-0.2, -0.15) is 0 Å². The highest BCUT2D eigenvalue weighted by Crippen LogP contribution is 2.28. The van der Waals surface area contributed by atoms with Gasteiger partial charge in [-0.1, -0.05) is 29.8 Å². The minimum absolute atomic E-state index is 0.139. The van der Waals surface area contributed by atoms with Crippen molar-refractivity contribution in [2.24, 2.45) is 0 Å². The van der Waals surface area contributed by atoms with E-state index < -0.39 is 5.91 Å². The molecule has 0 aliphatic carbocycles. The zero-order valence-corrected chi connectivity index (χ0v) is 14.9. The van der Waals surface area contributed by atoms with Gasteiger partial charge in [-0.15, -0.1) is 10.2 Å². The molecule has 2 aromatic carbocycles. The van der Waals surface area contributed by atoms with Crippen LogP contribution in [-0.4, -0.2) is 30.3 Å². The van der Waals surface area contributed by atoms with E-state index in [2.05, 4.69) is 15.5 Å². The quantitative estimate of drug-likeness (QED) is 0.713. The molecule has 8 heteroatoms. The number of hydrogen-bond acceptors (Lipinski definition) is 6. The first-order valence-electron chi connectivity index (χ1n) is 7.70. The first-order valence-corrected chi connectivity index (χ1v) is 8.07. The van der Waals surface area contributed by atoms with Gasteiger partial charge in [-0.25, -0.2) is 0 Å². The van der Waals surface area contributed by atoms with E-state index in [1.807, 2.05) is 6.07 Å². The third kappa shape index (κ3) is 3.78. The Morgan fingerprint density at radius 2 is 1.88 bits per heavy atom. The van der Waals surface area contributed by atoms with Crippen LogP contribution in [0.5, 0.6) is 11.5 Å². The number of amides is 1. The lowest BCUT2D eigenvalue weighted by Gasteiger charge is -2.09. The largest absolute Gasteiger partial charge is 0.493 e. The van der Waals surface area contributed by atoms with Crippen LogP contribution in [0.1, 0.15) is 16.2 Å². The molecule has 1 aromatic heterocycles. The van der Waals surface area contributed by atoms with Crippen LogP contribution in [0.2, 0.25) is 5.02 Å². The van der Waals surface area contributed by atoms with Crippen LogP contribution in [-0.2, 0) is 6.54 Å². The fourth-order valence-corrected chi connectivity index (χ4v) is 2.52. The molecule has 0 aliphatic rings. The van der Waals surface area contributed by atoms with Crippen molar-refractivity contribution in [3.05, 3.63) is 58.9 Å². The number of benzene rings is 2. The van der Waals surface area contributed by atoms with Crippen molar-refractivity contribution in [1.29, 1.82) is 0 Å². The fourth-order valence-electron chi connectivity index (χ4n) is 2.31. The lowest BCUT2D eigenvalue weighted by Crippen LogP contribution is -2.23. The molecule has 3 aromatic rings. The summed E-state index contributed by atoms with van der Waals surface area (Å²) in [7, 11) is 3.11. The van der Waals surface area contributed by atoms with E-state index in [0.29, 0.717) is 22.1 Å². The zero-order chi connectivity index (χ0) is 18.5. The SMILES string of the molecule is COc1ccc(CNC(=O)c2nnc(-c3ccccc3Cl)o2)cc1OC. The number of halogens is 1. The summed E-state index contributed by atoms with van der Waals surface area (Å²) in [5.74, 6) is 0.764. The molecule has 0 bridgehead atoms. The summed E-state index contributed by atoms with van der Waals surface area (Å²) in [6.45, 7) is 0.267. The molecule has 0 saturated carbocycles. The Labute approximate surface area is 154 Å². The zero-order valence-electron chi connectivity index (χ0n) is 14.2. The number of carbonyl (C=O) groups excluding carboxylic acids is 1. The van der Waals surface area contributed by atoms with Crippen molar-refractivity contribution in [3.8, 4) is 23.0 Å². The molecule has 0 radical (unpaired) electrons. The average molecular weight is 374 g/mol. The maximum Gasteiger partial charge on any atom is 0.309 e. The molecule has 1 heterocycles. The van der Waals surface area contributed by atoms with Gasteiger partial charge in [0.25, 0.3) is 0 Å². The topological polar surface area (TPSA) is 86.5 Å². The fraction of sp³-hybridized carbons (Fsp3) is 0.167. The summed E-state index contributed by atoms with van der Waals surface area (Å²) in [6.07, 6.45) is 0. The van der Waals surface area contributed by atoms with E-state index in [0.717, 1.165) is 5.56 Å². The lowest BCUT2D eigenvalue weighted by molar-refractivity contribution is 0.0917. The highest BCUT2D eigenvalue weighted by atomic mass is 35.5. The number of aromatic nitrogens is 2. The molecule has 0 spiro atoms. The third-order valence-corrected chi connectivity index (χ3v) is 3.95. The van der Waals surface area contributed by atoms with Gasteiger partial charge in [0, 0.05) is 6.54 Å². The molecule has 7 nitrogen and oxygen atoms in total. The molecule has 1 amide bonds. The summed E-state index contributed by atoms with van der Waals surface area (Å²) in [5.41, 5.74) is 1.41. The summed E-state index contributed by atoms with van der Waals surface area (Å²) in [6, 6.07) is 12.4. The maximum atomic E-state index is 12.2. The molecule has 0 atom stereocenters. The second-order valence-electron chi connectivity index (χ2n) is 5.26. The van der Waals surface area contributed by atoms with Crippen molar-refractivity contribution in [3.63, 3.8) is 0 Å². The van der Waals surface area contributed by atoms with Crippen LogP contribution in [0.4, 0.5) is 0 Å². The second-order valence-corrected chi connectivity index (χ2v) is 5.67. The summed E-state index contributed by atoms with van der Waals surface area (Å²) < 4.78 is 15.8. The minimum atomic E-state index is -0.481. The Bertz CT molecular complexity index is 926. The van der Waals surface area contributed by atoms with Gasteiger partial charge >= 0.3 is 11.8 Å². The number of carbonyl (C=O) groups is 1.